The van der Waals surface area contributed by atoms with Crippen molar-refractivity contribution in [1.29, 1.82) is 0 Å². The molecule has 6 rings (SSSR count). The van der Waals surface area contributed by atoms with Crippen LogP contribution in [0.2, 0.25) is 0 Å². The summed E-state index contributed by atoms with van der Waals surface area (Å²) >= 11 is 0. The van der Waals surface area contributed by atoms with Crippen molar-refractivity contribution in [3.63, 3.8) is 0 Å². The summed E-state index contributed by atoms with van der Waals surface area (Å²) in [5.74, 6) is -0.619. The number of rotatable bonds is 6. The highest BCUT2D eigenvalue weighted by atomic mass is 32.2. The maximum absolute atomic E-state index is 14.2. The van der Waals surface area contributed by atoms with Crippen LogP contribution >= 0.6 is 0 Å². The molecule has 3 heterocycles. The fourth-order valence-corrected chi connectivity index (χ4v) is 8.41. The molecule has 1 unspecified atom stereocenters. The standard InChI is InChI=1S/C31H33FN4O4S/c1-20-4-3-15-33-27(20)19-34-30(38)23-7-12-28-26(18-23)31(13-16-35(17-14-31)21(2)37)29(22-5-6-22)36(28)41(39,40)25-10-8-24(32)9-11-25/h3-4,7-12,15,18,22,29H,5-6,13-14,16-17,19H2,1-2H3,(H,34,38). The van der Waals surface area contributed by atoms with Crippen LogP contribution in [-0.2, 0) is 26.8 Å². The van der Waals surface area contributed by atoms with Gasteiger partial charge >= 0.3 is 0 Å². The Hall–Kier alpha value is -3.79. The van der Waals surface area contributed by atoms with Gasteiger partial charge in [0.05, 0.1) is 28.9 Å². The van der Waals surface area contributed by atoms with Crippen LogP contribution in [0.5, 0.6) is 0 Å². The number of hydrogen-bond donors (Lipinski definition) is 1. The van der Waals surface area contributed by atoms with Gasteiger partial charge in [-0.1, -0.05) is 6.07 Å². The van der Waals surface area contributed by atoms with Crippen LogP contribution in [0.4, 0.5) is 10.1 Å². The number of fused-ring (bicyclic) bond motifs is 2. The Morgan fingerprint density at radius 1 is 1.07 bits per heavy atom. The predicted octanol–water partition coefficient (Wildman–Crippen LogP) is 4.33. The second-order valence-electron chi connectivity index (χ2n) is 11.4. The number of halogens is 1. The van der Waals surface area contributed by atoms with Crippen molar-refractivity contribution in [2.24, 2.45) is 5.92 Å². The molecule has 1 N–H and O–H groups in total. The molecule has 2 fully saturated rings. The summed E-state index contributed by atoms with van der Waals surface area (Å²) in [5, 5.41) is 2.96. The summed E-state index contributed by atoms with van der Waals surface area (Å²) in [4.78, 5) is 31.7. The number of pyridine rings is 1. The van der Waals surface area contributed by atoms with E-state index in [1.807, 2.05) is 25.1 Å². The Morgan fingerprint density at radius 3 is 2.41 bits per heavy atom. The van der Waals surface area contributed by atoms with E-state index >= 15 is 0 Å². The number of amides is 2. The molecule has 3 aromatic rings. The van der Waals surface area contributed by atoms with E-state index in [2.05, 4.69) is 10.3 Å². The van der Waals surface area contributed by atoms with Crippen molar-refractivity contribution in [3.05, 3.63) is 89.0 Å². The molecule has 1 atom stereocenters. The Labute approximate surface area is 239 Å². The van der Waals surface area contributed by atoms with Crippen molar-refractivity contribution >= 4 is 27.5 Å². The first kappa shape index (κ1) is 27.4. The first-order valence-electron chi connectivity index (χ1n) is 14.0. The lowest BCUT2D eigenvalue weighted by molar-refractivity contribution is -0.130. The molecule has 0 bridgehead atoms. The van der Waals surface area contributed by atoms with Gasteiger partial charge in [0.2, 0.25) is 5.91 Å². The zero-order valence-electron chi connectivity index (χ0n) is 23.1. The molecule has 3 aliphatic rings. The SMILES string of the molecule is CC(=O)N1CCC2(CC1)c1cc(C(=O)NCc3ncccc3C)ccc1N(S(=O)(=O)c1ccc(F)cc1)C2C1CC1. The van der Waals surface area contributed by atoms with Gasteiger partial charge < -0.3 is 10.2 Å². The Kier molecular flexibility index (Phi) is 6.84. The number of sulfonamides is 1. The van der Waals surface area contributed by atoms with Crippen LogP contribution in [0.1, 0.15) is 59.8 Å². The van der Waals surface area contributed by atoms with Gasteiger partial charge in [-0.15, -0.1) is 0 Å². The van der Waals surface area contributed by atoms with Crippen LogP contribution in [0.3, 0.4) is 0 Å². The number of aromatic nitrogens is 1. The quantitative estimate of drug-likeness (QED) is 0.471. The van der Waals surface area contributed by atoms with Crippen LogP contribution in [0.25, 0.3) is 0 Å². The highest BCUT2D eigenvalue weighted by Gasteiger charge is 2.60. The Morgan fingerprint density at radius 2 is 1.78 bits per heavy atom. The van der Waals surface area contributed by atoms with Crippen LogP contribution in [-0.4, -0.2) is 49.2 Å². The molecule has 2 aliphatic heterocycles. The van der Waals surface area contributed by atoms with Crippen LogP contribution < -0.4 is 9.62 Å². The number of hydrogen-bond acceptors (Lipinski definition) is 5. The van der Waals surface area contributed by atoms with Crippen molar-refractivity contribution < 1.29 is 22.4 Å². The zero-order chi connectivity index (χ0) is 28.9. The minimum absolute atomic E-state index is 0.00484. The van der Waals surface area contributed by atoms with Crippen molar-refractivity contribution in [2.45, 2.75) is 62.4 Å². The smallest absolute Gasteiger partial charge is 0.264 e. The molecule has 1 spiro atoms. The first-order chi connectivity index (χ1) is 19.6. The van der Waals surface area contributed by atoms with Crippen LogP contribution in [0.15, 0.2) is 65.7 Å². The van der Waals surface area contributed by atoms with E-state index in [4.69, 9.17) is 0 Å². The molecule has 1 saturated carbocycles. The number of likely N-dealkylation sites (tertiary alicyclic amines) is 1. The number of piperidine rings is 1. The molecular formula is C31H33FN4O4S. The third-order valence-corrected chi connectivity index (χ3v) is 10.7. The summed E-state index contributed by atoms with van der Waals surface area (Å²) in [6.07, 6.45) is 4.68. The predicted molar refractivity (Wildman–Crippen MR) is 152 cm³/mol. The molecule has 1 aliphatic carbocycles. The normalized spacial score (nSPS) is 19.7. The molecule has 2 amide bonds. The molecule has 214 valence electrons. The number of carbonyl (C=O) groups excluding carboxylic acids is 2. The van der Waals surface area contributed by atoms with E-state index in [0.717, 1.165) is 41.8 Å². The number of anilines is 1. The van der Waals surface area contributed by atoms with Crippen molar-refractivity contribution in [2.75, 3.05) is 17.4 Å². The minimum atomic E-state index is -4.04. The number of nitrogens with one attached hydrogen (secondary N) is 1. The lowest BCUT2D eigenvalue weighted by Crippen LogP contribution is -2.54. The third kappa shape index (κ3) is 4.77. The average molecular weight is 577 g/mol. The average Bonchev–Trinajstić information content (AvgIpc) is 3.76. The number of carbonyl (C=O) groups is 2. The monoisotopic (exact) mass is 576 g/mol. The highest BCUT2D eigenvalue weighted by molar-refractivity contribution is 7.92. The molecule has 1 aromatic heterocycles. The van der Waals surface area contributed by atoms with E-state index in [0.29, 0.717) is 37.2 Å². The molecule has 8 nitrogen and oxygen atoms in total. The van der Waals surface area contributed by atoms with E-state index in [-0.39, 0.29) is 35.2 Å². The van der Waals surface area contributed by atoms with Gasteiger partial charge in [-0.05, 0) is 98.2 Å². The lowest BCUT2D eigenvalue weighted by Gasteiger charge is -2.45. The van der Waals surface area contributed by atoms with Crippen molar-refractivity contribution in [3.8, 4) is 0 Å². The van der Waals surface area contributed by atoms with Crippen LogP contribution in [0, 0.1) is 18.7 Å². The highest BCUT2D eigenvalue weighted by Crippen LogP contribution is 2.59. The van der Waals surface area contributed by atoms with Gasteiger partial charge in [-0.3, -0.25) is 18.9 Å². The summed E-state index contributed by atoms with van der Waals surface area (Å²) in [6.45, 7) is 4.79. The fraction of sp³-hybridized carbons (Fsp3) is 0.387. The number of aryl methyl sites for hydroxylation is 1. The van der Waals surface area contributed by atoms with Crippen molar-refractivity contribution in [1.82, 2.24) is 15.2 Å². The van der Waals surface area contributed by atoms with Gasteiger partial charge in [0.1, 0.15) is 5.82 Å². The largest absolute Gasteiger partial charge is 0.346 e. The van der Waals surface area contributed by atoms with Gasteiger partial charge in [-0.25, -0.2) is 12.8 Å². The number of nitrogens with zero attached hydrogens (tertiary/aromatic N) is 3. The van der Waals surface area contributed by atoms with E-state index in [9.17, 15) is 22.4 Å². The summed E-state index contributed by atoms with van der Waals surface area (Å²) in [6, 6.07) is 13.6. The third-order valence-electron chi connectivity index (χ3n) is 8.93. The summed E-state index contributed by atoms with van der Waals surface area (Å²) in [7, 11) is -4.04. The van der Waals surface area contributed by atoms with Gasteiger partial charge in [-0.2, -0.15) is 0 Å². The van der Waals surface area contributed by atoms with Gasteiger partial charge in [0.15, 0.2) is 0 Å². The molecule has 0 radical (unpaired) electrons. The molecule has 10 heteroatoms. The van der Waals surface area contributed by atoms with Gasteiger partial charge in [0.25, 0.3) is 15.9 Å². The molecule has 41 heavy (non-hydrogen) atoms. The Bertz CT molecular complexity index is 1610. The molecule has 1 saturated heterocycles. The number of benzene rings is 2. The zero-order valence-corrected chi connectivity index (χ0v) is 24.0. The van der Waals surface area contributed by atoms with E-state index in [1.54, 1.807) is 30.2 Å². The second kappa shape index (κ2) is 10.2. The lowest BCUT2D eigenvalue weighted by atomic mass is 9.68. The summed E-state index contributed by atoms with van der Waals surface area (Å²) in [5.41, 5.74) is 3.03. The topological polar surface area (TPSA) is 99.7 Å². The maximum Gasteiger partial charge on any atom is 0.264 e. The van der Waals surface area contributed by atoms with E-state index in [1.165, 1.54) is 16.4 Å². The summed E-state index contributed by atoms with van der Waals surface area (Å²) < 4.78 is 43.7. The molecular weight excluding hydrogens is 543 g/mol. The van der Waals surface area contributed by atoms with Gasteiger partial charge in [0, 0.05) is 37.2 Å². The second-order valence-corrected chi connectivity index (χ2v) is 13.2. The van der Waals surface area contributed by atoms with E-state index < -0.39 is 21.3 Å². The maximum atomic E-state index is 14.2. The fourth-order valence-electron chi connectivity index (χ4n) is 6.61. The first-order valence-corrected chi connectivity index (χ1v) is 15.4. The minimum Gasteiger partial charge on any atom is -0.346 e. The Balaban J connectivity index is 1.42. The molecule has 2 aromatic carbocycles.